The lowest BCUT2D eigenvalue weighted by molar-refractivity contribution is 0.662. The maximum Gasteiger partial charge on any atom is 0.262 e. The van der Waals surface area contributed by atoms with Gasteiger partial charge in [0.2, 0.25) is 5.78 Å². The van der Waals surface area contributed by atoms with E-state index in [1.807, 2.05) is 70.6 Å². The SMILES string of the molecule is CCCn1c(=O)c2ccccc2n2c(SCc3cn4ccccc4n3)nnc12. The second kappa shape index (κ2) is 6.79. The van der Waals surface area contributed by atoms with Gasteiger partial charge in [-0.2, -0.15) is 0 Å². The fourth-order valence-electron chi connectivity index (χ4n) is 3.45. The molecule has 0 N–H and O–H groups in total. The molecule has 8 heteroatoms. The van der Waals surface area contributed by atoms with Crippen molar-refractivity contribution < 1.29 is 0 Å². The van der Waals surface area contributed by atoms with Gasteiger partial charge in [0, 0.05) is 24.7 Å². The normalized spacial score (nSPS) is 11.8. The van der Waals surface area contributed by atoms with Crippen LogP contribution >= 0.6 is 11.8 Å². The first kappa shape index (κ1) is 17.0. The Morgan fingerprint density at radius 2 is 1.93 bits per heavy atom. The van der Waals surface area contributed by atoms with Gasteiger partial charge in [0.15, 0.2) is 5.16 Å². The average molecular weight is 390 g/mol. The van der Waals surface area contributed by atoms with Crippen LogP contribution in [-0.2, 0) is 12.3 Å². The number of pyridine rings is 1. The van der Waals surface area contributed by atoms with Crippen LogP contribution in [-0.4, -0.2) is 28.5 Å². The zero-order chi connectivity index (χ0) is 19.1. The first-order chi connectivity index (χ1) is 13.8. The summed E-state index contributed by atoms with van der Waals surface area (Å²) in [5, 5.41) is 10.1. The van der Waals surface area contributed by atoms with Crippen molar-refractivity contribution in [1.82, 2.24) is 28.5 Å². The highest BCUT2D eigenvalue weighted by Crippen LogP contribution is 2.24. The molecule has 7 nitrogen and oxygen atoms in total. The molecule has 0 fully saturated rings. The summed E-state index contributed by atoms with van der Waals surface area (Å²) >= 11 is 1.57. The molecular weight excluding hydrogens is 372 g/mol. The van der Waals surface area contributed by atoms with Crippen LogP contribution in [0.2, 0.25) is 0 Å². The van der Waals surface area contributed by atoms with Crippen molar-refractivity contribution in [3.8, 4) is 0 Å². The van der Waals surface area contributed by atoms with E-state index < -0.39 is 0 Å². The van der Waals surface area contributed by atoms with Crippen LogP contribution in [0, 0.1) is 0 Å². The predicted molar refractivity (Wildman–Crippen MR) is 110 cm³/mol. The highest BCUT2D eigenvalue weighted by molar-refractivity contribution is 7.98. The van der Waals surface area contributed by atoms with Gasteiger partial charge in [-0.3, -0.25) is 13.8 Å². The third-order valence-corrected chi connectivity index (χ3v) is 5.65. The summed E-state index contributed by atoms with van der Waals surface area (Å²) < 4.78 is 5.70. The lowest BCUT2D eigenvalue weighted by atomic mass is 10.2. The van der Waals surface area contributed by atoms with Gasteiger partial charge in [-0.25, -0.2) is 4.98 Å². The molecule has 0 aliphatic rings. The van der Waals surface area contributed by atoms with Crippen LogP contribution in [0.25, 0.3) is 22.3 Å². The molecule has 5 rings (SSSR count). The Morgan fingerprint density at radius 1 is 1.07 bits per heavy atom. The van der Waals surface area contributed by atoms with Crippen molar-refractivity contribution in [3.63, 3.8) is 0 Å². The van der Waals surface area contributed by atoms with Crippen molar-refractivity contribution >= 4 is 34.1 Å². The van der Waals surface area contributed by atoms with Gasteiger partial charge in [-0.1, -0.05) is 36.9 Å². The minimum atomic E-state index is -0.0192. The number of nitrogens with zero attached hydrogens (tertiary/aromatic N) is 6. The first-order valence-electron chi connectivity index (χ1n) is 9.18. The molecule has 140 valence electrons. The summed E-state index contributed by atoms with van der Waals surface area (Å²) in [5.41, 5.74) is 2.71. The molecule has 0 spiro atoms. The number of thioether (sulfide) groups is 1. The first-order valence-corrected chi connectivity index (χ1v) is 10.2. The van der Waals surface area contributed by atoms with Gasteiger partial charge in [0.05, 0.1) is 16.6 Å². The van der Waals surface area contributed by atoms with Gasteiger partial charge in [0.1, 0.15) is 5.65 Å². The minimum Gasteiger partial charge on any atom is -0.307 e. The number of hydrogen-bond donors (Lipinski definition) is 0. The van der Waals surface area contributed by atoms with Crippen LogP contribution in [0.3, 0.4) is 0 Å². The molecule has 4 aromatic heterocycles. The summed E-state index contributed by atoms with van der Waals surface area (Å²) in [6, 6.07) is 13.6. The van der Waals surface area contributed by atoms with Crippen LogP contribution in [0.15, 0.2) is 64.8 Å². The second-order valence-corrected chi connectivity index (χ2v) is 7.52. The average Bonchev–Trinajstić information content (AvgIpc) is 3.33. The number of hydrogen-bond acceptors (Lipinski definition) is 5. The van der Waals surface area contributed by atoms with Crippen LogP contribution in [0.5, 0.6) is 0 Å². The number of rotatable bonds is 5. The number of fused-ring (bicyclic) bond motifs is 4. The molecule has 1 aromatic carbocycles. The maximum atomic E-state index is 12.9. The Morgan fingerprint density at radius 3 is 2.79 bits per heavy atom. The number of para-hydroxylation sites is 1. The van der Waals surface area contributed by atoms with Crippen molar-refractivity contribution in [2.75, 3.05) is 0 Å². The summed E-state index contributed by atoms with van der Waals surface area (Å²) in [6.07, 6.45) is 4.86. The number of benzene rings is 1. The molecule has 5 aromatic rings. The van der Waals surface area contributed by atoms with E-state index in [-0.39, 0.29) is 5.56 Å². The minimum absolute atomic E-state index is 0.0192. The van der Waals surface area contributed by atoms with Crippen molar-refractivity contribution in [2.24, 2.45) is 0 Å². The van der Waals surface area contributed by atoms with Crippen molar-refractivity contribution in [2.45, 2.75) is 30.8 Å². The summed E-state index contributed by atoms with van der Waals surface area (Å²) in [7, 11) is 0. The van der Waals surface area contributed by atoms with E-state index in [4.69, 9.17) is 0 Å². The lowest BCUT2D eigenvalue weighted by Crippen LogP contribution is -2.23. The number of aryl methyl sites for hydroxylation is 1. The highest BCUT2D eigenvalue weighted by Gasteiger charge is 2.16. The van der Waals surface area contributed by atoms with E-state index >= 15 is 0 Å². The number of imidazole rings is 1. The fraction of sp³-hybridized carbons (Fsp3) is 0.200. The standard InChI is InChI=1S/C20H18N6OS/c1-2-10-25-18(27)15-7-3-4-8-16(15)26-19(25)22-23-20(26)28-13-14-12-24-11-6-5-9-17(24)21-14/h3-9,11-12H,2,10,13H2,1H3. The zero-order valence-electron chi connectivity index (χ0n) is 15.3. The third kappa shape index (κ3) is 2.68. The van der Waals surface area contributed by atoms with Crippen LogP contribution in [0.4, 0.5) is 0 Å². The molecule has 0 atom stereocenters. The molecule has 0 radical (unpaired) electrons. The van der Waals surface area contributed by atoms with Gasteiger partial charge in [-0.05, 0) is 30.7 Å². The van der Waals surface area contributed by atoms with E-state index in [9.17, 15) is 4.79 Å². The van der Waals surface area contributed by atoms with Gasteiger partial charge >= 0.3 is 0 Å². The molecule has 0 bridgehead atoms. The van der Waals surface area contributed by atoms with E-state index in [1.165, 1.54) is 0 Å². The topological polar surface area (TPSA) is 69.5 Å². The highest BCUT2D eigenvalue weighted by atomic mass is 32.2. The lowest BCUT2D eigenvalue weighted by Gasteiger charge is -2.10. The smallest absolute Gasteiger partial charge is 0.262 e. The molecule has 0 unspecified atom stereocenters. The van der Waals surface area contributed by atoms with Crippen molar-refractivity contribution in [1.29, 1.82) is 0 Å². The van der Waals surface area contributed by atoms with Gasteiger partial charge in [-0.15, -0.1) is 10.2 Å². The second-order valence-electron chi connectivity index (χ2n) is 6.58. The van der Waals surface area contributed by atoms with Crippen LogP contribution in [0.1, 0.15) is 19.0 Å². The zero-order valence-corrected chi connectivity index (χ0v) is 16.1. The Kier molecular flexibility index (Phi) is 4.12. The Hall–Kier alpha value is -3.13. The molecule has 0 saturated heterocycles. The molecule has 0 saturated carbocycles. The largest absolute Gasteiger partial charge is 0.307 e. The molecule has 4 heterocycles. The maximum absolute atomic E-state index is 12.9. The number of aromatic nitrogens is 6. The third-order valence-electron chi connectivity index (χ3n) is 4.69. The Labute approximate surface area is 164 Å². The van der Waals surface area contributed by atoms with Crippen molar-refractivity contribution in [3.05, 3.63) is 70.9 Å². The summed E-state index contributed by atoms with van der Waals surface area (Å²) in [4.78, 5) is 17.5. The van der Waals surface area contributed by atoms with E-state index in [2.05, 4.69) is 15.2 Å². The van der Waals surface area contributed by atoms with Crippen LogP contribution < -0.4 is 5.56 Å². The molecule has 0 amide bonds. The molecule has 0 aliphatic heterocycles. The van der Waals surface area contributed by atoms with E-state index in [1.54, 1.807) is 16.3 Å². The monoisotopic (exact) mass is 390 g/mol. The molecule has 28 heavy (non-hydrogen) atoms. The van der Waals surface area contributed by atoms with E-state index in [0.717, 1.165) is 28.4 Å². The Bertz CT molecular complexity index is 1330. The predicted octanol–water partition coefficient (Wildman–Crippen LogP) is 3.39. The molecular formula is C20H18N6OS. The quantitative estimate of drug-likeness (QED) is 0.430. The Balaban J connectivity index is 1.60. The van der Waals surface area contributed by atoms with Gasteiger partial charge < -0.3 is 4.40 Å². The summed E-state index contributed by atoms with van der Waals surface area (Å²) in [6.45, 7) is 2.66. The summed E-state index contributed by atoms with van der Waals surface area (Å²) in [5.74, 6) is 1.26. The van der Waals surface area contributed by atoms with Gasteiger partial charge in [0.25, 0.3) is 5.56 Å². The van der Waals surface area contributed by atoms with E-state index in [0.29, 0.717) is 23.5 Å². The molecule has 0 aliphatic carbocycles. The fourth-order valence-corrected chi connectivity index (χ4v) is 4.27.